The van der Waals surface area contributed by atoms with Crippen LogP contribution in [0.1, 0.15) is 34.5 Å². The van der Waals surface area contributed by atoms with Gasteiger partial charge < -0.3 is 9.47 Å². The molecule has 144 valence electrons. The van der Waals surface area contributed by atoms with Crippen LogP contribution in [0, 0.1) is 6.92 Å². The lowest BCUT2D eigenvalue weighted by molar-refractivity contribution is 0.0337. The summed E-state index contributed by atoms with van der Waals surface area (Å²) in [4.78, 5) is 12.7. The van der Waals surface area contributed by atoms with Gasteiger partial charge in [-0.25, -0.2) is 13.2 Å². The largest absolute Gasteiger partial charge is 0.454 e. The van der Waals surface area contributed by atoms with Gasteiger partial charge in [-0.15, -0.1) is 0 Å². The van der Waals surface area contributed by atoms with Gasteiger partial charge in [-0.1, -0.05) is 36.4 Å². The third-order valence-electron chi connectivity index (χ3n) is 4.56. The van der Waals surface area contributed by atoms with Crippen molar-refractivity contribution in [1.29, 1.82) is 0 Å². The molecule has 1 heterocycles. The first-order valence-electron chi connectivity index (χ1n) is 8.84. The van der Waals surface area contributed by atoms with Gasteiger partial charge in [-0.2, -0.15) is 4.31 Å². The van der Waals surface area contributed by atoms with Gasteiger partial charge >= 0.3 is 5.97 Å². The minimum atomic E-state index is -3.68. The number of esters is 1. The van der Waals surface area contributed by atoms with Gasteiger partial charge in [0.15, 0.2) is 0 Å². The van der Waals surface area contributed by atoms with Gasteiger partial charge in [0.25, 0.3) is 0 Å². The van der Waals surface area contributed by atoms with E-state index >= 15 is 0 Å². The second kappa shape index (κ2) is 8.21. The number of benzene rings is 2. The molecule has 1 aliphatic heterocycles. The second-order valence-electron chi connectivity index (χ2n) is 6.45. The number of morpholine rings is 1. The quantitative estimate of drug-likeness (QED) is 0.735. The van der Waals surface area contributed by atoms with Gasteiger partial charge in [0.2, 0.25) is 10.0 Å². The molecule has 0 bridgehead atoms. The van der Waals surface area contributed by atoms with Crippen LogP contribution >= 0.6 is 0 Å². The molecule has 1 saturated heterocycles. The van der Waals surface area contributed by atoms with E-state index in [1.807, 2.05) is 30.3 Å². The lowest BCUT2D eigenvalue weighted by Gasteiger charge is -2.26. The number of carbonyl (C=O) groups is 1. The molecule has 27 heavy (non-hydrogen) atoms. The van der Waals surface area contributed by atoms with Gasteiger partial charge in [0.1, 0.15) is 6.10 Å². The molecule has 2 aromatic carbocycles. The first-order chi connectivity index (χ1) is 12.9. The number of hydrogen-bond donors (Lipinski definition) is 0. The summed E-state index contributed by atoms with van der Waals surface area (Å²) in [6.45, 7) is 4.86. The average molecular weight is 389 g/mol. The Hall–Kier alpha value is -2.22. The van der Waals surface area contributed by atoms with Crippen molar-refractivity contribution < 1.29 is 22.7 Å². The summed E-state index contributed by atoms with van der Waals surface area (Å²) in [7, 11) is -3.68. The maximum absolute atomic E-state index is 12.9. The highest BCUT2D eigenvalue weighted by Gasteiger charge is 2.28. The summed E-state index contributed by atoms with van der Waals surface area (Å²) in [6.07, 6.45) is -0.431. The Morgan fingerprint density at radius 1 is 1.11 bits per heavy atom. The van der Waals surface area contributed by atoms with Crippen molar-refractivity contribution in [2.24, 2.45) is 0 Å². The lowest BCUT2D eigenvalue weighted by Crippen LogP contribution is -2.40. The minimum Gasteiger partial charge on any atom is -0.454 e. The number of nitrogens with zero attached hydrogens (tertiary/aromatic N) is 1. The minimum absolute atomic E-state index is 0.131. The highest BCUT2D eigenvalue weighted by atomic mass is 32.2. The Bertz CT molecular complexity index is 905. The van der Waals surface area contributed by atoms with Crippen molar-refractivity contribution in [1.82, 2.24) is 4.31 Å². The van der Waals surface area contributed by atoms with Crippen LogP contribution < -0.4 is 0 Å². The lowest BCUT2D eigenvalue weighted by atomic mass is 10.1. The van der Waals surface area contributed by atoms with Crippen molar-refractivity contribution >= 4 is 16.0 Å². The first-order valence-corrected chi connectivity index (χ1v) is 10.3. The topological polar surface area (TPSA) is 72.9 Å². The van der Waals surface area contributed by atoms with Crippen LogP contribution in [0.4, 0.5) is 0 Å². The molecule has 1 atom stereocenters. The molecule has 0 N–H and O–H groups in total. The Kier molecular flexibility index (Phi) is 5.94. The van der Waals surface area contributed by atoms with Gasteiger partial charge in [0.05, 0.1) is 23.7 Å². The molecule has 0 unspecified atom stereocenters. The third kappa shape index (κ3) is 4.37. The summed E-state index contributed by atoms with van der Waals surface area (Å²) in [6, 6.07) is 14.0. The van der Waals surface area contributed by atoms with E-state index in [1.54, 1.807) is 26.0 Å². The maximum Gasteiger partial charge on any atom is 0.338 e. The van der Waals surface area contributed by atoms with Crippen LogP contribution in [0.25, 0.3) is 0 Å². The number of aryl methyl sites for hydroxylation is 1. The monoisotopic (exact) mass is 389 g/mol. The molecule has 0 spiro atoms. The van der Waals surface area contributed by atoms with E-state index in [0.717, 1.165) is 5.56 Å². The zero-order valence-corrected chi connectivity index (χ0v) is 16.2. The Balaban J connectivity index is 1.83. The highest BCUT2D eigenvalue weighted by Crippen LogP contribution is 2.24. The molecule has 0 saturated carbocycles. The number of rotatable bonds is 5. The summed E-state index contributed by atoms with van der Waals surface area (Å²) >= 11 is 0. The van der Waals surface area contributed by atoms with E-state index in [-0.39, 0.29) is 10.5 Å². The fraction of sp³-hybridized carbons (Fsp3) is 0.350. The van der Waals surface area contributed by atoms with E-state index in [1.165, 1.54) is 10.4 Å². The molecule has 0 aromatic heterocycles. The van der Waals surface area contributed by atoms with Crippen molar-refractivity contribution in [2.45, 2.75) is 24.8 Å². The molecule has 1 aliphatic rings. The van der Waals surface area contributed by atoms with Crippen molar-refractivity contribution in [3.05, 3.63) is 65.2 Å². The average Bonchev–Trinajstić information content (AvgIpc) is 2.69. The molecule has 0 amide bonds. The summed E-state index contributed by atoms with van der Waals surface area (Å²) < 4.78 is 38.0. The van der Waals surface area contributed by atoms with Gasteiger partial charge in [-0.05, 0) is 37.1 Å². The molecule has 1 fully saturated rings. The second-order valence-corrected chi connectivity index (χ2v) is 8.36. The van der Waals surface area contributed by atoms with E-state index < -0.39 is 22.1 Å². The molecule has 0 radical (unpaired) electrons. The predicted octanol–water partition coefficient (Wildman–Crippen LogP) is 2.93. The number of sulfonamides is 1. The Morgan fingerprint density at radius 3 is 2.44 bits per heavy atom. The standard InChI is InChI=1S/C20H23NO5S/c1-15-8-9-18(20(22)26-16(2)17-6-4-3-5-7-17)14-19(15)27(23,24)21-10-12-25-13-11-21/h3-9,14,16H,10-13H2,1-2H3/t16-/m0/s1. The molecule has 0 aliphatic carbocycles. The molecular formula is C20H23NO5S. The summed E-state index contributed by atoms with van der Waals surface area (Å²) in [5.74, 6) is -0.551. The normalized spacial score (nSPS) is 16.7. The van der Waals surface area contributed by atoms with Crippen LogP contribution in [0.2, 0.25) is 0 Å². The summed E-state index contributed by atoms with van der Waals surface area (Å²) in [5.41, 5.74) is 1.68. The zero-order valence-electron chi connectivity index (χ0n) is 15.4. The van der Waals surface area contributed by atoms with E-state index in [4.69, 9.17) is 9.47 Å². The number of ether oxygens (including phenoxy) is 2. The summed E-state index contributed by atoms with van der Waals surface area (Å²) in [5, 5.41) is 0. The van der Waals surface area contributed by atoms with Gasteiger partial charge in [0, 0.05) is 13.1 Å². The Labute approximate surface area is 159 Å². The predicted molar refractivity (Wildman–Crippen MR) is 101 cm³/mol. The zero-order chi connectivity index (χ0) is 19.4. The fourth-order valence-corrected chi connectivity index (χ4v) is 4.61. The molecule has 2 aromatic rings. The van der Waals surface area contributed by atoms with E-state index in [0.29, 0.717) is 31.9 Å². The van der Waals surface area contributed by atoms with E-state index in [2.05, 4.69) is 0 Å². The first kappa shape index (κ1) is 19.5. The SMILES string of the molecule is Cc1ccc(C(=O)O[C@@H](C)c2ccccc2)cc1S(=O)(=O)N1CCOCC1. The van der Waals surface area contributed by atoms with Crippen LogP contribution in [-0.4, -0.2) is 45.0 Å². The molecule has 6 nitrogen and oxygen atoms in total. The molecular weight excluding hydrogens is 366 g/mol. The van der Waals surface area contributed by atoms with Crippen LogP contribution in [0.5, 0.6) is 0 Å². The highest BCUT2D eigenvalue weighted by molar-refractivity contribution is 7.89. The number of carbonyl (C=O) groups excluding carboxylic acids is 1. The molecule has 7 heteroatoms. The van der Waals surface area contributed by atoms with Crippen molar-refractivity contribution in [3.63, 3.8) is 0 Å². The van der Waals surface area contributed by atoms with Gasteiger partial charge in [-0.3, -0.25) is 0 Å². The van der Waals surface area contributed by atoms with Crippen molar-refractivity contribution in [3.8, 4) is 0 Å². The fourth-order valence-electron chi connectivity index (χ4n) is 2.95. The third-order valence-corrected chi connectivity index (χ3v) is 6.61. The maximum atomic E-state index is 12.9. The van der Waals surface area contributed by atoms with Crippen LogP contribution in [-0.2, 0) is 19.5 Å². The van der Waals surface area contributed by atoms with Crippen LogP contribution in [0.3, 0.4) is 0 Å². The van der Waals surface area contributed by atoms with Crippen molar-refractivity contribution in [2.75, 3.05) is 26.3 Å². The Morgan fingerprint density at radius 2 is 1.78 bits per heavy atom. The van der Waals surface area contributed by atoms with E-state index in [9.17, 15) is 13.2 Å². The van der Waals surface area contributed by atoms with Crippen LogP contribution in [0.15, 0.2) is 53.4 Å². The number of hydrogen-bond acceptors (Lipinski definition) is 5. The molecule has 3 rings (SSSR count). The smallest absolute Gasteiger partial charge is 0.338 e.